The minimum absolute atomic E-state index is 0.162. The number of aryl methyl sites for hydroxylation is 1. The second-order valence-corrected chi connectivity index (χ2v) is 4.62. The average molecular weight is 249 g/mol. The zero-order valence-corrected chi connectivity index (χ0v) is 11.8. The molecular weight excluding hydrogens is 226 g/mol. The number of hydrogen-bond donors (Lipinski definition) is 1. The molecule has 3 nitrogen and oxygen atoms in total. The molecule has 0 radical (unpaired) electrons. The quantitative estimate of drug-likeness (QED) is 0.621. The number of ether oxygens (including phenoxy) is 1. The molecule has 100 valence electrons. The smallest absolute Gasteiger partial charge is 0.306 e. The minimum atomic E-state index is -0.162. The van der Waals surface area contributed by atoms with Gasteiger partial charge >= 0.3 is 5.97 Å². The SMILES string of the molecule is COC(=O)CCNCCc1ccc(C)c(C)c1C. The first-order chi connectivity index (χ1) is 8.56. The van der Waals surface area contributed by atoms with E-state index in [-0.39, 0.29) is 5.97 Å². The predicted molar refractivity (Wildman–Crippen MR) is 73.9 cm³/mol. The van der Waals surface area contributed by atoms with Gasteiger partial charge in [0.15, 0.2) is 0 Å². The van der Waals surface area contributed by atoms with E-state index in [0.29, 0.717) is 13.0 Å². The van der Waals surface area contributed by atoms with E-state index < -0.39 is 0 Å². The van der Waals surface area contributed by atoms with Crippen LogP contribution in [0.25, 0.3) is 0 Å². The molecule has 0 aliphatic carbocycles. The van der Waals surface area contributed by atoms with Crippen molar-refractivity contribution in [2.75, 3.05) is 20.2 Å². The van der Waals surface area contributed by atoms with Crippen LogP contribution in [0.3, 0.4) is 0 Å². The number of methoxy groups -OCH3 is 1. The van der Waals surface area contributed by atoms with E-state index in [0.717, 1.165) is 13.0 Å². The van der Waals surface area contributed by atoms with E-state index >= 15 is 0 Å². The highest BCUT2D eigenvalue weighted by molar-refractivity contribution is 5.69. The Morgan fingerprint density at radius 1 is 1.17 bits per heavy atom. The molecule has 1 aromatic carbocycles. The summed E-state index contributed by atoms with van der Waals surface area (Å²) >= 11 is 0. The highest BCUT2D eigenvalue weighted by Crippen LogP contribution is 2.17. The van der Waals surface area contributed by atoms with Crippen molar-refractivity contribution in [1.82, 2.24) is 5.32 Å². The lowest BCUT2D eigenvalue weighted by Gasteiger charge is -2.11. The van der Waals surface area contributed by atoms with Crippen LogP contribution in [0.4, 0.5) is 0 Å². The summed E-state index contributed by atoms with van der Waals surface area (Å²) in [6.07, 6.45) is 1.43. The van der Waals surface area contributed by atoms with E-state index in [1.165, 1.54) is 29.4 Å². The first-order valence-corrected chi connectivity index (χ1v) is 6.39. The van der Waals surface area contributed by atoms with Gasteiger partial charge in [-0.1, -0.05) is 12.1 Å². The van der Waals surface area contributed by atoms with Crippen molar-refractivity contribution in [3.63, 3.8) is 0 Å². The van der Waals surface area contributed by atoms with Crippen LogP contribution in [-0.4, -0.2) is 26.2 Å². The molecule has 0 saturated heterocycles. The molecule has 0 bridgehead atoms. The van der Waals surface area contributed by atoms with Gasteiger partial charge in [0.25, 0.3) is 0 Å². The molecule has 0 unspecified atom stereocenters. The van der Waals surface area contributed by atoms with E-state index in [1.807, 2.05) is 0 Å². The Labute approximate surface area is 110 Å². The molecular formula is C15H23NO2. The third-order valence-electron chi connectivity index (χ3n) is 3.47. The van der Waals surface area contributed by atoms with E-state index in [2.05, 4.69) is 43.0 Å². The molecule has 0 fully saturated rings. The second kappa shape index (κ2) is 7.17. The summed E-state index contributed by atoms with van der Waals surface area (Å²) in [5.74, 6) is -0.162. The van der Waals surface area contributed by atoms with Gasteiger partial charge in [0.05, 0.1) is 13.5 Å². The number of rotatable bonds is 6. The van der Waals surface area contributed by atoms with Crippen LogP contribution in [0.5, 0.6) is 0 Å². The first-order valence-electron chi connectivity index (χ1n) is 6.39. The summed E-state index contributed by atoms with van der Waals surface area (Å²) in [5, 5.41) is 3.26. The monoisotopic (exact) mass is 249 g/mol. The van der Waals surface area contributed by atoms with E-state index in [1.54, 1.807) is 0 Å². The third-order valence-corrected chi connectivity index (χ3v) is 3.47. The summed E-state index contributed by atoms with van der Waals surface area (Å²) in [6, 6.07) is 4.37. The number of benzene rings is 1. The van der Waals surface area contributed by atoms with Gasteiger partial charge in [0, 0.05) is 6.54 Å². The van der Waals surface area contributed by atoms with Gasteiger partial charge in [-0.2, -0.15) is 0 Å². The fourth-order valence-electron chi connectivity index (χ4n) is 1.92. The molecule has 18 heavy (non-hydrogen) atoms. The van der Waals surface area contributed by atoms with Crippen molar-refractivity contribution in [3.05, 3.63) is 34.4 Å². The summed E-state index contributed by atoms with van der Waals surface area (Å²) in [6.45, 7) is 8.04. The molecule has 0 amide bonds. The lowest BCUT2D eigenvalue weighted by molar-refractivity contribution is -0.140. The fraction of sp³-hybridized carbons (Fsp3) is 0.533. The predicted octanol–water partition coefficient (Wildman–Crippen LogP) is 2.31. The van der Waals surface area contributed by atoms with Crippen molar-refractivity contribution in [2.24, 2.45) is 0 Å². The molecule has 3 heteroatoms. The minimum Gasteiger partial charge on any atom is -0.469 e. The Balaban J connectivity index is 2.36. The highest BCUT2D eigenvalue weighted by atomic mass is 16.5. The average Bonchev–Trinajstić information content (AvgIpc) is 2.37. The Kier molecular flexibility index (Phi) is 5.86. The maximum atomic E-state index is 10.9. The van der Waals surface area contributed by atoms with Gasteiger partial charge in [0.1, 0.15) is 0 Å². The molecule has 0 aromatic heterocycles. The number of esters is 1. The van der Waals surface area contributed by atoms with Crippen LogP contribution in [0, 0.1) is 20.8 Å². The number of hydrogen-bond acceptors (Lipinski definition) is 3. The Morgan fingerprint density at radius 2 is 1.89 bits per heavy atom. The molecule has 0 heterocycles. The van der Waals surface area contributed by atoms with Crippen LogP contribution in [0.15, 0.2) is 12.1 Å². The Hall–Kier alpha value is -1.35. The number of carbonyl (C=O) groups is 1. The maximum Gasteiger partial charge on any atom is 0.306 e. The standard InChI is InChI=1S/C15H23NO2/c1-11-5-6-14(13(3)12(11)2)7-9-16-10-8-15(17)18-4/h5-6,16H,7-10H2,1-4H3. The Bertz CT molecular complexity index is 413. The van der Waals surface area contributed by atoms with Gasteiger partial charge in [-0.05, 0) is 56.0 Å². The molecule has 0 atom stereocenters. The van der Waals surface area contributed by atoms with Crippen molar-refractivity contribution in [3.8, 4) is 0 Å². The zero-order valence-electron chi connectivity index (χ0n) is 11.8. The van der Waals surface area contributed by atoms with Gasteiger partial charge in [-0.3, -0.25) is 4.79 Å². The third kappa shape index (κ3) is 4.15. The van der Waals surface area contributed by atoms with Crippen LogP contribution < -0.4 is 5.32 Å². The van der Waals surface area contributed by atoms with Crippen LogP contribution in [0.1, 0.15) is 28.7 Å². The van der Waals surface area contributed by atoms with Crippen molar-refractivity contribution < 1.29 is 9.53 Å². The van der Waals surface area contributed by atoms with Crippen LogP contribution in [-0.2, 0) is 16.0 Å². The second-order valence-electron chi connectivity index (χ2n) is 4.62. The lowest BCUT2D eigenvalue weighted by atomic mass is 9.97. The van der Waals surface area contributed by atoms with Crippen molar-refractivity contribution >= 4 is 5.97 Å². The highest BCUT2D eigenvalue weighted by Gasteiger charge is 2.04. The fourth-order valence-corrected chi connectivity index (χ4v) is 1.92. The molecule has 1 N–H and O–H groups in total. The Morgan fingerprint density at radius 3 is 2.56 bits per heavy atom. The summed E-state index contributed by atoms with van der Waals surface area (Å²) in [7, 11) is 1.42. The first kappa shape index (κ1) is 14.7. The number of carbonyl (C=O) groups excluding carboxylic acids is 1. The van der Waals surface area contributed by atoms with Gasteiger partial charge in [-0.25, -0.2) is 0 Å². The van der Waals surface area contributed by atoms with Gasteiger partial charge < -0.3 is 10.1 Å². The topological polar surface area (TPSA) is 38.3 Å². The molecule has 0 aliphatic heterocycles. The normalized spacial score (nSPS) is 10.4. The molecule has 0 saturated carbocycles. The summed E-state index contributed by atoms with van der Waals surface area (Å²) < 4.78 is 4.58. The maximum absolute atomic E-state index is 10.9. The van der Waals surface area contributed by atoms with Crippen LogP contribution in [0.2, 0.25) is 0 Å². The van der Waals surface area contributed by atoms with Crippen LogP contribution >= 0.6 is 0 Å². The summed E-state index contributed by atoms with van der Waals surface area (Å²) in [5.41, 5.74) is 5.48. The van der Waals surface area contributed by atoms with Crippen molar-refractivity contribution in [2.45, 2.75) is 33.6 Å². The number of nitrogens with one attached hydrogen (secondary N) is 1. The van der Waals surface area contributed by atoms with Crippen molar-refractivity contribution in [1.29, 1.82) is 0 Å². The van der Waals surface area contributed by atoms with E-state index in [9.17, 15) is 4.79 Å². The zero-order chi connectivity index (χ0) is 13.5. The molecule has 1 aromatic rings. The molecule has 0 aliphatic rings. The van der Waals surface area contributed by atoms with Gasteiger partial charge in [-0.15, -0.1) is 0 Å². The van der Waals surface area contributed by atoms with Gasteiger partial charge in [0.2, 0.25) is 0 Å². The largest absolute Gasteiger partial charge is 0.469 e. The lowest BCUT2D eigenvalue weighted by Crippen LogP contribution is -2.21. The molecule has 0 spiro atoms. The molecule has 1 rings (SSSR count). The van der Waals surface area contributed by atoms with E-state index in [4.69, 9.17) is 0 Å². The summed E-state index contributed by atoms with van der Waals surface area (Å²) in [4.78, 5) is 10.9.